The van der Waals surface area contributed by atoms with Gasteiger partial charge in [0.2, 0.25) is 0 Å². The van der Waals surface area contributed by atoms with Crippen LogP contribution in [0.2, 0.25) is 0 Å². The van der Waals surface area contributed by atoms with Gasteiger partial charge < -0.3 is 10.2 Å². The van der Waals surface area contributed by atoms with Crippen LogP contribution in [0.4, 0.5) is 5.82 Å². The Morgan fingerprint density at radius 3 is 3.16 bits per heavy atom. The summed E-state index contributed by atoms with van der Waals surface area (Å²) in [5.74, 6) is 6.14. The van der Waals surface area contributed by atoms with E-state index < -0.39 is 0 Å². The first-order chi connectivity index (χ1) is 9.36. The van der Waals surface area contributed by atoms with Gasteiger partial charge in [0, 0.05) is 19.1 Å². The van der Waals surface area contributed by atoms with Gasteiger partial charge in [-0.1, -0.05) is 18.9 Å². The van der Waals surface area contributed by atoms with Crippen LogP contribution in [-0.4, -0.2) is 35.2 Å². The Balaban J connectivity index is 1.70. The number of hydrazine groups is 1. The summed E-state index contributed by atoms with van der Waals surface area (Å²) in [6, 6.07) is 6.51. The van der Waals surface area contributed by atoms with E-state index in [1.54, 1.807) is 0 Å². The molecular formula is C14H22N4O. The maximum absolute atomic E-state index is 5.90. The molecule has 2 fully saturated rings. The Hall–Kier alpha value is -1.17. The second kappa shape index (κ2) is 5.86. The number of aromatic nitrogens is 1. The molecule has 5 heteroatoms. The van der Waals surface area contributed by atoms with Crippen LogP contribution < -0.4 is 11.3 Å². The number of ether oxygens (including phenoxy) is 1. The molecule has 3 rings (SSSR count). The molecule has 0 spiro atoms. The third kappa shape index (κ3) is 2.88. The minimum atomic E-state index is 0.429. The Labute approximate surface area is 114 Å². The van der Waals surface area contributed by atoms with Gasteiger partial charge in [0.05, 0.1) is 18.4 Å². The zero-order chi connectivity index (χ0) is 13.1. The predicted octanol–water partition coefficient (Wildman–Crippen LogP) is 1.51. The molecular weight excluding hydrogens is 240 g/mol. The van der Waals surface area contributed by atoms with E-state index in [0.29, 0.717) is 12.1 Å². The van der Waals surface area contributed by atoms with Gasteiger partial charge in [-0.15, -0.1) is 0 Å². The highest BCUT2D eigenvalue weighted by Crippen LogP contribution is 2.29. The fourth-order valence-corrected chi connectivity index (χ4v) is 3.23. The molecule has 1 aromatic rings. The van der Waals surface area contributed by atoms with E-state index in [2.05, 4.69) is 21.4 Å². The number of nitrogens with one attached hydrogen (secondary N) is 1. The monoisotopic (exact) mass is 262 g/mol. The maximum Gasteiger partial charge on any atom is 0.140 e. The van der Waals surface area contributed by atoms with Gasteiger partial charge in [0.25, 0.3) is 0 Å². The van der Waals surface area contributed by atoms with E-state index in [1.165, 1.54) is 25.7 Å². The molecule has 1 saturated carbocycles. The van der Waals surface area contributed by atoms with Gasteiger partial charge in [-0.2, -0.15) is 0 Å². The van der Waals surface area contributed by atoms with E-state index in [9.17, 15) is 0 Å². The van der Waals surface area contributed by atoms with E-state index in [1.807, 2.05) is 12.1 Å². The molecule has 2 aliphatic rings. The maximum atomic E-state index is 5.90. The molecule has 5 nitrogen and oxygen atoms in total. The third-order valence-electron chi connectivity index (χ3n) is 4.17. The average molecular weight is 262 g/mol. The molecule has 0 radical (unpaired) electrons. The Kier molecular flexibility index (Phi) is 3.96. The summed E-state index contributed by atoms with van der Waals surface area (Å²) in [5, 5.41) is 0. The smallest absolute Gasteiger partial charge is 0.140 e. The molecule has 1 aliphatic carbocycles. The normalized spacial score (nSPS) is 27.8. The molecule has 19 heavy (non-hydrogen) atoms. The lowest BCUT2D eigenvalue weighted by atomic mass is 9.90. The van der Waals surface area contributed by atoms with E-state index in [0.717, 1.165) is 31.2 Å². The molecule has 0 amide bonds. The first kappa shape index (κ1) is 12.8. The number of hydrogen-bond donors (Lipinski definition) is 2. The van der Waals surface area contributed by atoms with Crippen molar-refractivity contribution in [2.24, 2.45) is 5.84 Å². The van der Waals surface area contributed by atoms with Crippen LogP contribution in [0.15, 0.2) is 18.2 Å². The topological polar surface area (TPSA) is 63.4 Å². The van der Waals surface area contributed by atoms with Crippen molar-refractivity contribution in [1.82, 2.24) is 9.88 Å². The number of anilines is 1. The van der Waals surface area contributed by atoms with Crippen molar-refractivity contribution in [3.63, 3.8) is 0 Å². The quantitative estimate of drug-likeness (QED) is 0.638. The number of nitrogens with two attached hydrogens (primary N) is 1. The van der Waals surface area contributed by atoms with Gasteiger partial charge in [-0.3, -0.25) is 4.90 Å². The Morgan fingerprint density at radius 1 is 1.37 bits per heavy atom. The Bertz CT molecular complexity index is 424. The van der Waals surface area contributed by atoms with Crippen molar-refractivity contribution in [3.8, 4) is 0 Å². The van der Waals surface area contributed by atoms with Gasteiger partial charge in [-0.05, 0) is 25.0 Å². The summed E-state index contributed by atoms with van der Waals surface area (Å²) in [5.41, 5.74) is 3.68. The van der Waals surface area contributed by atoms with Gasteiger partial charge in [-0.25, -0.2) is 10.8 Å². The molecule has 1 saturated heterocycles. The lowest BCUT2D eigenvalue weighted by Crippen LogP contribution is -2.52. The molecule has 104 valence electrons. The lowest BCUT2D eigenvalue weighted by Gasteiger charge is -2.43. The average Bonchev–Trinajstić information content (AvgIpc) is 2.48. The molecule has 2 unspecified atom stereocenters. The van der Waals surface area contributed by atoms with E-state index >= 15 is 0 Å². The Morgan fingerprint density at radius 2 is 2.26 bits per heavy atom. The fraction of sp³-hybridized carbons (Fsp3) is 0.643. The predicted molar refractivity (Wildman–Crippen MR) is 74.5 cm³/mol. The highest BCUT2D eigenvalue weighted by Gasteiger charge is 2.34. The van der Waals surface area contributed by atoms with Gasteiger partial charge in [0.1, 0.15) is 5.82 Å². The molecule has 3 N–H and O–H groups in total. The molecule has 2 atom stereocenters. The first-order valence-electron chi connectivity index (χ1n) is 7.15. The molecule has 1 aliphatic heterocycles. The SMILES string of the molecule is NNc1cccc(CN2CCOC3CCCCC32)n1. The number of nitrogen functional groups attached to an aromatic ring is 1. The van der Waals surface area contributed by atoms with Crippen LogP contribution in [-0.2, 0) is 11.3 Å². The zero-order valence-electron chi connectivity index (χ0n) is 11.2. The summed E-state index contributed by atoms with van der Waals surface area (Å²) in [4.78, 5) is 7.03. The van der Waals surface area contributed by atoms with Crippen LogP contribution in [0.5, 0.6) is 0 Å². The van der Waals surface area contributed by atoms with E-state index in [-0.39, 0.29) is 0 Å². The molecule has 0 aromatic carbocycles. The van der Waals surface area contributed by atoms with Crippen molar-refractivity contribution in [2.45, 2.75) is 44.4 Å². The first-order valence-corrected chi connectivity index (χ1v) is 7.15. The molecule has 0 bridgehead atoms. The van der Waals surface area contributed by atoms with Crippen molar-refractivity contribution in [3.05, 3.63) is 23.9 Å². The minimum absolute atomic E-state index is 0.429. The fourth-order valence-electron chi connectivity index (χ4n) is 3.23. The van der Waals surface area contributed by atoms with Crippen LogP contribution >= 0.6 is 0 Å². The third-order valence-corrected chi connectivity index (χ3v) is 4.17. The lowest BCUT2D eigenvalue weighted by molar-refractivity contribution is -0.0914. The largest absolute Gasteiger partial charge is 0.375 e. The summed E-state index contributed by atoms with van der Waals surface area (Å²) in [7, 11) is 0. The zero-order valence-corrected chi connectivity index (χ0v) is 11.2. The molecule has 2 heterocycles. The summed E-state index contributed by atoms with van der Waals surface area (Å²) in [6.45, 7) is 2.74. The number of rotatable bonds is 3. The van der Waals surface area contributed by atoms with Crippen molar-refractivity contribution >= 4 is 5.82 Å². The number of hydrogen-bond acceptors (Lipinski definition) is 5. The van der Waals surface area contributed by atoms with E-state index in [4.69, 9.17) is 10.6 Å². The second-order valence-corrected chi connectivity index (χ2v) is 5.39. The molecule has 1 aromatic heterocycles. The highest BCUT2D eigenvalue weighted by atomic mass is 16.5. The minimum Gasteiger partial charge on any atom is -0.375 e. The summed E-state index contributed by atoms with van der Waals surface area (Å²) >= 11 is 0. The van der Waals surface area contributed by atoms with Crippen LogP contribution in [0.1, 0.15) is 31.4 Å². The number of fused-ring (bicyclic) bond motifs is 1. The van der Waals surface area contributed by atoms with Crippen molar-refractivity contribution < 1.29 is 4.74 Å². The van der Waals surface area contributed by atoms with Crippen LogP contribution in [0.25, 0.3) is 0 Å². The second-order valence-electron chi connectivity index (χ2n) is 5.39. The standard InChI is InChI=1S/C14H22N4O/c15-17-14-7-3-4-11(16-14)10-18-8-9-19-13-6-2-1-5-12(13)18/h3-4,7,12-13H,1-2,5-6,8-10,15H2,(H,16,17). The summed E-state index contributed by atoms with van der Waals surface area (Å²) in [6.07, 6.45) is 5.51. The summed E-state index contributed by atoms with van der Waals surface area (Å²) < 4.78 is 5.90. The number of pyridine rings is 1. The van der Waals surface area contributed by atoms with Gasteiger partial charge >= 0.3 is 0 Å². The van der Waals surface area contributed by atoms with Crippen LogP contribution in [0.3, 0.4) is 0 Å². The number of morpholine rings is 1. The number of nitrogens with zero attached hydrogens (tertiary/aromatic N) is 2. The van der Waals surface area contributed by atoms with Crippen molar-refractivity contribution in [2.75, 3.05) is 18.6 Å². The van der Waals surface area contributed by atoms with Crippen molar-refractivity contribution in [1.29, 1.82) is 0 Å². The van der Waals surface area contributed by atoms with Gasteiger partial charge in [0.15, 0.2) is 0 Å². The highest BCUT2D eigenvalue weighted by molar-refractivity contribution is 5.33. The van der Waals surface area contributed by atoms with Crippen LogP contribution in [0, 0.1) is 0 Å².